The minimum absolute atomic E-state index is 0.346. The van der Waals surface area contributed by atoms with Gasteiger partial charge >= 0.3 is 6.18 Å². The van der Waals surface area contributed by atoms with E-state index in [1.54, 1.807) is 0 Å². The van der Waals surface area contributed by atoms with Crippen molar-refractivity contribution in [3.05, 3.63) is 34.3 Å². The zero-order valence-corrected chi connectivity index (χ0v) is 11.4. The fraction of sp³-hybridized carbons (Fsp3) is 0.538. The minimum Gasteiger partial charge on any atom is -0.312 e. The Labute approximate surface area is 115 Å². The van der Waals surface area contributed by atoms with Crippen molar-refractivity contribution < 1.29 is 13.2 Å². The highest BCUT2D eigenvalue weighted by atomic mass is 35.5. The van der Waals surface area contributed by atoms with Gasteiger partial charge in [0, 0.05) is 37.2 Å². The van der Waals surface area contributed by atoms with Gasteiger partial charge in [-0.1, -0.05) is 11.6 Å². The van der Waals surface area contributed by atoms with Gasteiger partial charge in [-0.25, -0.2) is 0 Å². The summed E-state index contributed by atoms with van der Waals surface area (Å²) in [7, 11) is 0. The molecular weight excluding hydrogens is 277 g/mol. The first kappa shape index (κ1) is 14.6. The molecule has 0 radical (unpaired) electrons. The zero-order chi connectivity index (χ0) is 14.0. The van der Waals surface area contributed by atoms with Gasteiger partial charge in [0.05, 0.1) is 5.56 Å². The quantitative estimate of drug-likeness (QED) is 0.901. The van der Waals surface area contributed by atoms with Gasteiger partial charge in [-0.15, -0.1) is 0 Å². The molecule has 0 bridgehead atoms. The van der Waals surface area contributed by atoms with E-state index < -0.39 is 11.7 Å². The summed E-state index contributed by atoms with van der Waals surface area (Å²) in [6, 6.07) is 3.84. The van der Waals surface area contributed by atoms with E-state index in [1.165, 1.54) is 6.07 Å². The molecule has 1 heterocycles. The summed E-state index contributed by atoms with van der Waals surface area (Å²) in [6.45, 7) is 4.98. The molecule has 1 saturated heterocycles. The third-order valence-electron chi connectivity index (χ3n) is 3.22. The summed E-state index contributed by atoms with van der Waals surface area (Å²) in [5, 5.41) is 3.68. The SMILES string of the molecule is CC1CN(Cc2cc(C(F)(F)F)ccc2Cl)CCN1. The number of nitrogens with one attached hydrogen (secondary N) is 1. The van der Waals surface area contributed by atoms with Crippen LogP contribution in [0.3, 0.4) is 0 Å². The fourth-order valence-corrected chi connectivity index (χ4v) is 2.45. The Morgan fingerprint density at radius 2 is 2.16 bits per heavy atom. The second-order valence-corrected chi connectivity index (χ2v) is 5.30. The van der Waals surface area contributed by atoms with Gasteiger partial charge in [-0.2, -0.15) is 13.2 Å². The molecule has 2 nitrogen and oxygen atoms in total. The maximum Gasteiger partial charge on any atom is 0.416 e. The Hall–Kier alpha value is -0.780. The number of rotatable bonds is 2. The van der Waals surface area contributed by atoms with E-state index in [9.17, 15) is 13.2 Å². The summed E-state index contributed by atoms with van der Waals surface area (Å²) in [5.41, 5.74) is -0.110. The van der Waals surface area contributed by atoms with Crippen molar-refractivity contribution in [1.29, 1.82) is 0 Å². The first-order valence-electron chi connectivity index (χ1n) is 6.17. The normalized spacial score (nSPS) is 21.6. The third-order valence-corrected chi connectivity index (χ3v) is 3.59. The van der Waals surface area contributed by atoms with E-state index in [-0.39, 0.29) is 0 Å². The maximum absolute atomic E-state index is 12.7. The summed E-state index contributed by atoms with van der Waals surface area (Å²) in [4.78, 5) is 2.11. The van der Waals surface area contributed by atoms with Crippen LogP contribution in [-0.2, 0) is 12.7 Å². The predicted octanol–water partition coefficient (Wildman–Crippen LogP) is 3.15. The van der Waals surface area contributed by atoms with Crippen molar-refractivity contribution >= 4 is 11.6 Å². The van der Waals surface area contributed by atoms with Crippen molar-refractivity contribution in [3.8, 4) is 0 Å². The maximum atomic E-state index is 12.7. The van der Waals surface area contributed by atoms with Crippen LogP contribution in [0.2, 0.25) is 5.02 Å². The van der Waals surface area contributed by atoms with Gasteiger partial charge in [0.2, 0.25) is 0 Å². The lowest BCUT2D eigenvalue weighted by atomic mass is 10.1. The van der Waals surface area contributed by atoms with Gasteiger partial charge in [0.25, 0.3) is 0 Å². The van der Waals surface area contributed by atoms with Crippen molar-refractivity contribution in [1.82, 2.24) is 10.2 Å². The molecule has 0 aromatic heterocycles. The predicted molar refractivity (Wildman–Crippen MR) is 69.2 cm³/mol. The molecule has 0 aliphatic carbocycles. The Bertz CT molecular complexity index is 448. The van der Waals surface area contributed by atoms with E-state index in [4.69, 9.17) is 11.6 Å². The van der Waals surface area contributed by atoms with Gasteiger partial charge in [-0.3, -0.25) is 4.90 Å². The highest BCUT2D eigenvalue weighted by molar-refractivity contribution is 6.31. The molecule has 0 spiro atoms. The molecule has 1 aromatic rings. The van der Waals surface area contributed by atoms with Crippen molar-refractivity contribution in [2.24, 2.45) is 0 Å². The van der Waals surface area contributed by atoms with E-state index in [0.717, 1.165) is 31.8 Å². The van der Waals surface area contributed by atoms with Crippen LogP contribution in [0.15, 0.2) is 18.2 Å². The summed E-state index contributed by atoms with van der Waals surface area (Å²) in [5.74, 6) is 0. The molecule has 1 aromatic carbocycles. The van der Waals surface area contributed by atoms with E-state index in [2.05, 4.69) is 17.1 Å². The number of halogens is 4. The third kappa shape index (κ3) is 3.84. The van der Waals surface area contributed by atoms with Crippen LogP contribution in [0.1, 0.15) is 18.1 Å². The lowest BCUT2D eigenvalue weighted by Crippen LogP contribution is -2.48. The summed E-state index contributed by atoms with van der Waals surface area (Å²) < 4.78 is 38.0. The first-order chi connectivity index (χ1) is 8.86. The Kier molecular flexibility index (Phi) is 4.38. The highest BCUT2D eigenvalue weighted by Crippen LogP contribution is 2.32. The number of piperazine rings is 1. The van der Waals surface area contributed by atoms with Crippen LogP contribution >= 0.6 is 11.6 Å². The Balaban J connectivity index is 2.15. The second kappa shape index (κ2) is 5.69. The molecule has 1 aliphatic heterocycles. The van der Waals surface area contributed by atoms with Crippen molar-refractivity contribution in [2.75, 3.05) is 19.6 Å². The largest absolute Gasteiger partial charge is 0.416 e. The molecule has 106 valence electrons. The van der Waals surface area contributed by atoms with E-state index in [1.807, 2.05) is 0 Å². The van der Waals surface area contributed by atoms with Crippen LogP contribution in [0, 0.1) is 0 Å². The second-order valence-electron chi connectivity index (χ2n) is 4.89. The van der Waals surface area contributed by atoms with Crippen LogP contribution in [0.5, 0.6) is 0 Å². The molecule has 1 fully saturated rings. The molecule has 0 saturated carbocycles. The van der Waals surface area contributed by atoms with Gasteiger partial charge in [0.1, 0.15) is 0 Å². The number of alkyl halides is 3. The zero-order valence-electron chi connectivity index (χ0n) is 10.6. The highest BCUT2D eigenvalue weighted by Gasteiger charge is 2.31. The topological polar surface area (TPSA) is 15.3 Å². The number of hydrogen-bond donors (Lipinski definition) is 1. The minimum atomic E-state index is -4.32. The molecule has 1 atom stereocenters. The first-order valence-corrected chi connectivity index (χ1v) is 6.55. The Morgan fingerprint density at radius 3 is 2.79 bits per heavy atom. The average Bonchev–Trinajstić information content (AvgIpc) is 2.30. The molecule has 19 heavy (non-hydrogen) atoms. The lowest BCUT2D eigenvalue weighted by Gasteiger charge is -2.32. The number of hydrogen-bond acceptors (Lipinski definition) is 2. The van der Waals surface area contributed by atoms with Crippen LogP contribution < -0.4 is 5.32 Å². The Morgan fingerprint density at radius 1 is 1.42 bits per heavy atom. The number of benzene rings is 1. The van der Waals surface area contributed by atoms with Gasteiger partial charge in [0.15, 0.2) is 0 Å². The van der Waals surface area contributed by atoms with E-state index in [0.29, 0.717) is 23.2 Å². The monoisotopic (exact) mass is 292 g/mol. The van der Waals surface area contributed by atoms with Crippen molar-refractivity contribution in [3.63, 3.8) is 0 Å². The van der Waals surface area contributed by atoms with Gasteiger partial charge < -0.3 is 5.32 Å². The summed E-state index contributed by atoms with van der Waals surface area (Å²) in [6.07, 6.45) is -4.32. The molecule has 0 amide bonds. The standard InChI is InChI=1S/C13H16ClF3N2/c1-9-7-19(5-4-18-9)8-10-6-11(13(15,16)17)2-3-12(10)14/h2-3,6,9,18H,4-5,7-8H2,1H3. The average molecular weight is 293 g/mol. The molecule has 2 rings (SSSR count). The van der Waals surface area contributed by atoms with Crippen LogP contribution in [0.4, 0.5) is 13.2 Å². The smallest absolute Gasteiger partial charge is 0.312 e. The van der Waals surface area contributed by atoms with Crippen LogP contribution in [0.25, 0.3) is 0 Å². The van der Waals surface area contributed by atoms with E-state index >= 15 is 0 Å². The molecule has 1 aliphatic rings. The molecule has 1 N–H and O–H groups in total. The summed E-state index contributed by atoms with van der Waals surface area (Å²) >= 11 is 5.99. The fourth-order valence-electron chi connectivity index (χ4n) is 2.27. The number of nitrogens with zero attached hydrogens (tertiary/aromatic N) is 1. The van der Waals surface area contributed by atoms with Crippen LogP contribution in [-0.4, -0.2) is 30.6 Å². The molecule has 1 unspecified atom stereocenters. The van der Waals surface area contributed by atoms with Crippen molar-refractivity contribution in [2.45, 2.75) is 25.7 Å². The molecule has 6 heteroatoms. The van der Waals surface area contributed by atoms with Gasteiger partial charge in [-0.05, 0) is 30.7 Å². The molecular formula is C13H16ClF3N2. The lowest BCUT2D eigenvalue weighted by molar-refractivity contribution is -0.137.